The highest BCUT2D eigenvalue weighted by atomic mass is 16.6. The number of hydrogen-bond donors (Lipinski definition) is 5. The normalized spacial score (nSPS) is 20.2. The van der Waals surface area contributed by atoms with E-state index >= 15 is 0 Å². The summed E-state index contributed by atoms with van der Waals surface area (Å²) >= 11 is 0. The number of ether oxygens (including phenoxy) is 2. The van der Waals surface area contributed by atoms with Gasteiger partial charge in [0.15, 0.2) is 6.10 Å². The van der Waals surface area contributed by atoms with Crippen molar-refractivity contribution in [2.75, 3.05) is 6.54 Å². The molecule has 0 aromatic carbocycles. The highest BCUT2D eigenvalue weighted by Crippen LogP contribution is 2.27. The fourth-order valence-corrected chi connectivity index (χ4v) is 4.28. The third kappa shape index (κ3) is 12.2. The molecule has 1 rings (SSSR count). The Morgan fingerprint density at radius 2 is 1.56 bits per heavy atom. The predicted octanol–water partition coefficient (Wildman–Crippen LogP) is 1.51. The Morgan fingerprint density at radius 3 is 2.03 bits per heavy atom. The molecule has 3 amide bonds. The van der Waals surface area contributed by atoms with Crippen molar-refractivity contribution in [3.8, 4) is 0 Å². The van der Waals surface area contributed by atoms with E-state index in [0.29, 0.717) is 0 Å². The number of carboxylic acids is 2. The molecule has 1 unspecified atom stereocenters. The molecule has 13 nitrogen and oxygen atoms in total. The summed E-state index contributed by atoms with van der Waals surface area (Å²) in [5.41, 5.74) is -1.48. The fraction of sp³-hybridized carbons (Fsp3) is 0.808. The first-order chi connectivity index (χ1) is 17.7. The van der Waals surface area contributed by atoms with E-state index in [-0.39, 0.29) is 31.7 Å². The van der Waals surface area contributed by atoms with E-state index in [0.717, 1.165) is 0 Å². The molecule has 0 aliphatic carbocycles. The number of aliphatic hydroxyl groups is 1. The molecule has 0 aromatic rings. The quantitative estimate of drug-likeness (QED) is 0.234. The van der Waals surface area contributed by atoms with E-state index in [1.807, 2.05) is 34.6 Å². The lowest BCUT2D eigenvalue weighted by Gasteiger charge is -2.31. The molecule has 0 bridgehead atoms. The van der Waals surface area contributed by atoms with Gasteiger partial charge in [-0.25, -0.2) is 9.59 Å². The Bertz CT molecular complexity index is 893. The molecule has 1 heterocycles. The highest BCUT2D eigenvalue weighted by molar-refractivity contribution is 5.92. The van der Waals surface area contributed by atoms with Gasteiger partial charge in [-0.05, 0) is 60.3 Å². The monoisotopic (exact) mass is 559 g/mol. The maximum Gasteiger partial charge on any atom is 0.408 e. The first-order valence-corrected chi connectivity index (χ1v) is 13.1. The van der Waals surface area contributed by atoms with Crippen LogP contribution in [0.25, 0.3) is 0 Å². The van der Waals surface area contributed by atoms with Crippen LogP contribution in [-0.4, -0.2) is 98.1 Å². The minimum absolute atomic E-state index is 0.0237. The average molecular weight is 560 g/mol. The lowest BCUT2D eigenvalue weighted by atomic mass is 9.98. The van der Waals surface area contributed by atoms with E-state index in [1.54, 1.807) is 20.8 Å². The predicted molar refractivity (Wildman–Crippen MR) is 140 cm³/mol. The largest absolute Gasteiger partial charge is 0.481 e. The summed E-state index contributed by atoms with van der Waals surface area (Å²) in [5, 5.41) is 33.7. The zero-order valence-electron chi connectivity index (χ0n) is 24.1. The number of rotatable bonds is 12. The lowest BCUT2D eigenvalue weighted by molar-refractivity contribution is -0.150. The van der Waals surface area contributed by atoms with Crippen molar-refractivity contribution in [1.29, 1.82) is 0 Å². The number of hydrogen-bond acceptors (Lipinski definition) is 8. The Hall–Kier alpha value is -2.93. The molecule has 224 valence electrons. The van der Waals surface area contributed by atoms with Gasteiger partial charge in [0.05, 0.1) is 17.7 Å². The topological polar surface area (TPSA) is 192 Å². The van der Waals surface area contributed by atoms with Crippen LogP contribution in [0.5, 0.6) is 0 Å². The Kier molecular flexibility index (Phi) is 12.2. The van der Waals surface area contributed by atoms with Gasteiger partial charge >= 0.3 is 18.0 Å². The van der Waals surface area contributed by atoms with Crippen LogP contribution in [0.3, 0.4) is 0 Å². The fourth-order valence-electron chi connectivity index (χ4n) is 4.28. The minimum Gasteiger partial charge on any atom is -0.481 e. The smallest absolute Gasteiger partial charge is 0.408 e. The van der Waals surface area contributed by atoms with Gasteiger partial charge in [0.2, 0.25) is 11.8 Å². The van der Waals surface area contributed by atoms with Crippen LogP contribution in [-0.2, 0) is 28.7 Å². The second-order valence-corrected chi connectivity index (χ2v) is 12.3. The van der Waals surface area contributed by atoms with Gasteiger partial charge < -0.3 is 40.3 Å². The Balaban J connectivity index is 3.30. The second kappa shape index (κ2) is 13.9. The molecule has 5 atom stereocenters. The maximum absolute atomic E-state index is 13.7. The maximum atomic E-state index is 13.7. The zero-order chi connectivity index (χ0) is 30.3. The summed E-state index contributed by atoms with van der Waals surface area (Å²) in [6, 6.07) is -3.54. The summed E-state index contributed by atoms with van der Waals surface area (Å²) in [6.07, 6.45) is -3.79. The lowest BCUT2D eigenvalue weighted by Crippen LogP contribution is -2.56. The van der Waals surface area contributed by atoms with Gasteiger partial charge in [0.1, 0.15) is 17.7 Å². The van der Waals surface area contributed by atoms with Gasteiger partial charge in [-0.1, -0.05) is 13.8 Å². The number of aliphatic hydroxyl groups excluding tert-OH is 1. The van der Waals surface area contributed by atoms with E-state index < -0.39 is 77.8 Å². The molecule has 13 heteroatoms. The zero-order valence-corrected chi connectivity index (χ0v) is 24.1. The summed E-state index contributed by atoms with van der Waals surface area (Å²) < 4.78 is 11.2. The third-order valence-corrected chi connectivity index (χ3v) is 5.69. The van der Waals surface area contributed by atoms with Crippen LogP contribution in [0.4, 0.5) is 4.79 Å². The number of carbonyl (C=O) groups is 5. The molecule has 1 saturated heterocycles. The SMILES string of the molecule is CC(C)C[C@H](NC(=O)[C@@H]1C[C@@H](OC(C)(C)C)CN1C(=O)[C@H](CCC(=O)O)NC(=O)OC(C)(C)C)C(O)C(=O)O. The number of carboxylic acid groups (broad SMARTS) is 2. The minimum atomic E-state index is -1.86. The number of nitrogens with zero attached hydrogens (tertiary/aromatic N) is 1. The van der Waals surface area contributed by atoms with Crippen molar-refractivity contribution < 1.29 is 48.8 Å². The molecule has 0 radical (unpaired) electrons. The van der Waals surface area contributed by atoms with Crippen molar-refractivity contribution in [2.24, 2.45) is 5.92 Å². The number of nitrogens with one attached hydrogen (secondary N) is 2. The van der Waals surface area contributed by atoms with E-state index in [1.165, 1.54) is 4.90 Å². The highest BCUT2D eigenvalue weighted by Gasteiger charge is 2.44. The molecular formula is C26H45N3O10. The number of likely N-dealkylation sites (tertiary alicyclic amines) is 1. The van der Waals surface area contributed by atoms with Gasteiger partial charge in [0, 0.05) is 19.4 Å². The van der Waals surface area contributed by atoms with E-state index in [9.17, 15) is 39.3 Å². The molecule has 0 aromatic heterocycles. The molecule has 1 aliphatic rings. The summed E-state index contributed by atoms with van der Waals surface area (Å²) in [4.78, 5) is 63.4. The summed E-state index contributed by atoms with van der Waals surface area (Å²) in [6.45, 7) is 13.9. The first kappa shape index (κ1) is 34.1. The molecular weight excluding hydrogens is 514 g/mol. The molecule has 1 aliphatic heterocycles. The summed E-state index contributed by atoms with van der Waals surface area (Å²) in [7, 11) is 0. The first-order valence-electron chi connectivity index (χ1n) is 13.1. The van der Waals surface area contributed by atoms with Crippen LogP contribution in [0.15, 0.2) is 0 Å². The molecule has 0 spiro atoms. The van der Waals surface area contributed by atoms with Gasteiger partial charge in [0.25, 0.3) is 0 Å². The van der Waals surface area contributed by atoms with Crippen molar-refractivity contribution >= 4 is 29.8 Å². The third-order valence-electron chi connectivity index (χ3n) is 5.69. The van der Waals surface area contributed by atoms with Crippen LogP contribution >= 0.6 is 0 Å². The number of alkyl carbamates (subject to hydrolysis) is 1. The Morgan fingerprint density at radius 1 is 0.974 bits per heavy atom. The van der Waals surface area contributed by atoms with Crippen molar-refractivity contribution in [3.05, 3.63) is 0 Å². The average Bonchev–Trinajstić information content (AvgIpc) is 3.15. The molecule has 5 N–H and O–H groups in total. The van der Waals surface area contributed by atoms with Crippen LogP contribution in [0.2, 0.25) is 0 Å². The van der Waals surface area contributed by atoms with E-state index in [4.69, 9.17) is 9.47 Å². The van der Waals surface area contributed by atoms with Crippen LogP contribution in [0.1, 0.15) is 81.1 Å². The molecule has 1 fully saturated rings. The molecule has 39 heavy (non-hydrogen) atoms. The second-order valence-electron chi connectivity index (χ2n) is 12.3. The number of amides is 3. The van der Waals surface area contributed by atoms with Crippen molar-refractivity contribution in [3.63, 3.8) is 0 Å². The van der Waals surface area contributed by atoms with E-state index in [2.05, 4.69) is 10.6 Å². The van der Waals surface area contributed by atoms with Crippen LogP contribution < -0.4 is 10.6 Å². The number of carbonyl (C=O) groups excluding carboxylic acids is 3. The van der Waals surface area contributed by atoms with Gasteiger partial charge in [-0.15, -0.1) is 0 Å². The van der Waals surface area contributed by atoms with Gasteiger partial charge in [-0.2, -0.15) is 0 Å². The van der Waals surface area contributed by atoms with Crippen molar-refractivity contribution in [2.45, 2.75) is 123 Å². The van der Waals surface area contributed by atoms with Crippen molar-refractivity contribution in [1.82, 2.24) is 15.5 Å². The Labute approximate surface area is 229 Å². The molecule has 0 saturated carbocycles. The van der Waals surface area contributed by atoms with Gasteiger partial charge in [-0.3, -0.25) is 14.4 Å². The number of aliphatic carboxylic acids is 2. The summed E-state index contributed by atoms with van der Waals surface area (Å²) in [5.74, 6) is -4.13. The standard InChI is InChI=1S/C26H45N3O10/c1-14(2)11-17(20(32)23(35)36)27-21(33)18-12-15(38-25(3,4)5)13-29(18)22(34)16(9-10-19(30)31)28-24(37)39-26(6,7)8/h14-18,20,32H,9-13H2,1-8H3,(H,27,33)(H,28,37)(H,30,31)(H,35,36)/t15-,16+,17+,18+,20?/m1/s1. The van der Waals surface area contributed by atoms with Crippen LogP contribution in [0, 0.1) is 5.92 Å².